The van der Waals surface area contributed by atoms with E-state index in [-0.39, 0.29) is 5.97 Å². The van der Waals surface area contributed by atoms with Gasteiger partial charge in [-0.25, -0.2) is 0 Å². The lowest BCUT2D eigenvalue weighted by molar-refractivity contribution is -0.131. The lowest BCUT2D eigenvalue weighted by Gasteiger charge is -2.02. The van der Waals surface area contributed by atoms with Gasteiger partial charge >= 0.3 is 5.97 Å². The van der Waals surface area contributed by atoms with Crippen LogP contribution in [-0.4, -0.2) is 5.97 Å². The zero-order valence-electron chi connectivity index (χ0n) is 11.3. The monoisotopic (exact) mass is 297 g/mol. The van der Waals surface area contributed by atoms with Crippen molar-refractivity contribution >= 4 is 29.2 Å². The van der Waals surface area contributed by atoms with Crippen molar-refractivity contribution in [2.75, 3.05) is 0 Å². The number of carbonyl (C=O) groups excluding carboxylic acids is 1. The molecule has 0 aromatic heterocycles. The highest BCUT2D eigenvalue weighted by Crippen LogP contribution is 2.21. The summed E-state index contributed by atoms with van der Waals surface area (Å²) in [6.45, 7) is 1.35. The van der Waals surface area contributed by atoms with Crippen LogP contribution in [0.15, 0.2) is 48.5 Å². The Balaban J connectivity index is 2.26. The van der Waals surface area contributed by atoms with Crippen LogP contribution in [0, 0.1) is 11.3 Å². The smallest absolute Gasteiger partial charge is 0.308 e. The van der Waals surface area contributed by atoms with E-state index < -0.39 is 0 Å². The maximum atomic E-state index is 10.8. The van der Waals surface area contributed by atoms with Crippen molar-refractivity contribution in [3.8, 4) is 11.8 Å². The zero-order valence-corrected chi connectivity index (χ0v) is 12.1. The van der Waals surface area contributed by atoms with Crippen molar-refractivity contribution in [3.05, 3.63) is 64.7 Å². The molecule has 0 atom stereocenters. The number of ether oxygens (including phenoxy) is 1. The first-order valence-electron chi connectivity index (χ1n) is 6.25. The normalized spacial score (nSPS) is 10.8. The maximum Gasteiger partial charge on any atom is 0.308 e. The number of benzene rings is 2. The van der Waals surface area contributed by atoms with Crippen LogP contribution in [-0.2, 0) is 4.79 Å². The number of esters is 1. The highest BCUT2D eigenvalue weighted by atomic mass is 35.5. The van der Waals surface area contributed by atoms with E-state index in [1.54, 1.807) is 54.6 Å². The minimum Gasteiger partial charge on any atom is -0.427 e. The number of hydrogen-bond acceptors (Lipinski definition) is 3. The van der Waals surface area contributed by atoms with Gasteiger partial charge in [0.1, 0.15) is 5.75 Å². The molecule has 0 aliphatic rings. The van der Waals surface area contributed by atoms with Crippen LogP contribution in [0.3, 0.4) is 0 Å². The summed E-state index contributed by atoms with van der Waals surface area (Å²) in [5, 5.41) is 9.89. The molecule has 104 valence electrons. The number of halogens is 1. The first-order chi connectivity index (χ1) is 10.1. The van der Waals surface area contributed by atoms with Gasteiger partial charge in [-0.2, -0.15) is 5.26 Å². The summed E-state index contributed by atoms with van der Waals surface area (Å²) in [6.07, 6.45) is 1.76. The number of nitrogens with zero attached hydrogens (tertiary/aromatic N) is 1. The molecule has 2 rings (SSSR count). The number of allylic oxidation sites excluding steroid dienone is 1. The molecule has 0 amide bonds. The average molecular weight is 298 g/mol. The van der Waals surface area contributed by atoms with E-state index in [2.05, 4.69) is 6.07 Å². The van der Waals surface area contributed by atoms with E-state index in [1.807, 2.05) is 0 Å². The molecule has 0 heterocycles. The second-order valence-corrected chi connectivity index (χ2v) is 4.78. The minimum atomic E-state index is -0.364. The molecule has 0 bridgehead atoms. The summed E-state index contributed by atoms with van der Waals surface area (Å²) in [5.74, 6) is 0.113. The molecule has 0 saturated carbocycles. The predicted molar refractivity (Wildman–Crippen MR) is 82.7 cm³/mol. The summed E-state index contributed by atoms with van der Waals surface area (Å²) in [7, 11) is 0. The Morgan fingerprint density at radius 2 is 1.76 bits per heavy atom. The first kappa shape index (κ1) is 14.8. The van der Waals surface area contributed by atoms with E-state index in [9.17, 15) is 10.1 Å². The third-order valence-electron chi connectivity index (χ3n) is 2.73. The third kappa shape index (κ3) is 4.20. The molecule has 0 N–H and O–H groups in total. The molecule has 0 unspecified atom stereocenters. The molecule has 2 aromatic carbocycles. The summed E-state index contributed by atoms with van der Waals surface area (Å²) >= 11 is 5.83. The quantitative estimate of drug-likeness (QED) is 0.367. The van der Waals surface area contributed by atoms with Gasteiger partial charge in [0.05, 0.1) is 11.6 Å². The van der Waals surface area contributed by atoms with Crippen molar-refractivity contribution < 1.29 is 9.53 Å². The van der Waals surface area contributed by atoms with Crippen LogP contribution in [0.5, 0.6) is 5.75 Å². The maximum absolute atomic E-state index is 10.8. The second-order valence-electron chi connectivity index (χ2n) is 4.34. The number of rotatable bonds is 3. The van der Waals surface area contributed by atoms with Crippen LogP contribution in [0.1, 0.15) is 18.1 Å². The van der Waals surface area contributed by atoms with Gasteiger partial charge in [-0.1, -0.05) is 35.9 Å². The average Bonchev–Trinajstić information content (AvgIpc) is 2.47. The Morgan fingerprint density at radius 1 is 1.14 bits per heavy atom. The Hall–Kier alpha value is -2.57. The van der Waals surface area contributed by atoms with Gasteiger partial charge < -0.3 is 4.74 Å². The Bertz CT molecular complexity index is 710. The Labute approximate surface area is 128 Å². The molecular formula is C17H12ClNO2. The van der Waals surface area contributed by atoms with E-state index >= 15 is 0 Å². The van der Waals surface area contributed by atoms with Crippen molar-refractivity contribution in [3.63, 3.8) is 0 Å². The fraction of sp³-hybridized carbons (Fsp3) is 0.0588. The SMILES string of the molecule is CC(=O)Oc1ccc(/C=C(/C#N)c2ccc(Cl)cc2)cc1. The second kappa shape index (κ2) is 6.74. The molecule has 0 saturated heterocycles. The summed E-state index contributed by atoms with van der Waals surface area (Å²) < 4.78 is 4.96. The summed E-state index contributed by atoms with van der Waals surface area (Å²) in [6, 6.07) is 16.2. The third-order valence-corrected chi connectivity index (χ3v) is 2.98. The lowest BCUT2D eigenvalue weighted by atomic mass is 10.0. The Kier molecular flexibility index (Phi) is 4.76. The molecule has 0 aliphatic carbocycles. The van der Waals surface area contributed by atoms with Crippen LogP contribution >= 0.6 is 11.6 Å². The summed E-state index contributed by atoms with van der Waals surface area (Å²) in [4.78, 5) is 10.8. The summed E-state index contributed by atoms with van der Waals surface area (Å²) in [5.41, 5.74) is 2.18. The molecule has 0 fully saturated rings. The van der Waals surface area contributed by atoms with Crippen molar-refractivity contribution in [2.45, 2.75) is 6.92 Å². The van der Waals surface area contributed by atoms with Gasteiger partial charge in [0.25, 0.3) is 0 Å². The van der Waals surface area contributed by atoms with Crippen LogP contribution < -0.4 is 4.74 Å². The van der Waals surface area contributed by atoms with Gasteiger partial charge in [0.2, 0.25) is 0 Å². The topological polar surface area (TPSA) is 50.1 Å². The minimum absolute atomic E-state index is 0.364. The van der Waals surface area contributed by atoms with E-state index in [0.29, 0.717) is 16.3 Å². The highest BCUT2D eigenvalue weighted by Gasteiger charge is 2.02. The van der Waals surface area contributed by atoms with Crippen molar-refractivity contribution in [1.29, 1.82) is 5.26 Å². The molecule has 0 radical (unpaired) electrons. The standard InChI is InChI=1S/C17H12ClNO2/c1-12(20)21-17-8-2-13(3-9-17)10-15(11-19)14-4-6-16(18)7-5-14/h2-10H,1H3/b15-10-. The van der Waals surface area contributed by atoms with Gasteiger partial charge in [-0.15, -0.1) is 0 Å². The molecule has 3 nitrogen and oxygen atoms in total. The molecule has 4 heteroatoms. The molecular weight excluding hydrogens is 286 g/mol. The van der Waals surface area contributed by atoms with Crippen LogP contribution in [0.2, 0.25) is 5.02 Å². The van der Waals surface area contributed by atoms with Crippen molar-refractivity contribution in [1.82, 2.24) is 0 Å². The van der Waals surface area contributed by atoms with Gasteiger partial charge in [-0.3, -0.25) is 4.79 Å². The van der Waals surface area contributed by atoms with Crippen LogP contribution in [0.4, 0.5) is 0 Å². The fourth-order valence-electron chi connectivity index (χ4n) is 1.77. The van der Waals surface area contributed by atoms with Gasteiger partial charge in [0.15, 0.2) is 0 Å². The predicted octanol–water partition coefficient (Wildman–Crippen LogP) is 4.33. The number of hydrogen-bond donors (Lipinski definition) is 0. The fourth-order valence-corrected chi connectivity index (χ4v) is 1.90. The van der Waals surface area contributed by atoms with E-state index in [0.717, 1.165) is 11.1 Å². The Morgan fingerprint density at radius 3 is 2.29 bits per heavy atom. The molecule has 21 heavy (non-hydrogen) atoms. The van der Waals surface area contributed by atoms with E-state index in [4.69, 9.17) is 16.3 Å². The lowest BCUT2D eigenvalue weighted by Crippen LogP contribution is -2.00. The van der Waals surface area contributed by atoms with E-state index in [1.165, 1.54) is 6.92 Å². The molecule has 2 aromatic rings. The highest BCUT2D eigenvalue weighted by molar-refractivity contribution is 6.30. The first-order valence-corrected chi connectivity index (χ1v) is 6.62. The molecule has 0 aliphatic heterocycles. The van der Waals surface area contributed by atoms with Gasteiger partial charge in [0, 0.05) is 11.9 Å². The van der Waals surface area contributed by atoms with Crippen molar-refractivity contribution in [2.24, 2.45) is 0 Å². The molecule has 0 spiro atoms. The largest absolute Gasteiger partial charge is 0.427 e. The van der Waals surface area contributed by atoms with Gasteiger partial charge in [-0.05, 0) is 41.5 Å². The van der Waals surface area contributed by atoms with Crippen LogP contribution in [0.25, 0.3) is 11.6 Å². The number of nitriles is 1. The number of carbonyl (C=O) groups is 1. The zero-order chi connectivity index (χ0) is 15.2.